The molecule has 0 N–H and O–H groups in total. The second kappa shape index (κ2) is 10.2. The van der Waals surface area contributed by atoms with Crippen molar-refractivity contribution in [3.8, 4) is 5.75 Å². The summed E-state index contributed by atoms with van der Waals surface area (Å²) >= 11 is 4.95. The first-order valence-electron chi connectivity index (χ1n) is 10.4. The van der Waals surface area contributed by atoms with Crippen LogP contribution in [0, 0.1) is 0 Å². The van der Waals surface area contributed by atoms with E-state index in [2.05, 4.69) is 22.9 Å². The molecule has 0 saturated carbocycles. The van der Waals surface area contributed by atoms with Gasteiger partial charge in [-0.15, -0.1) is 0 Å². The van der Waals surface area contributed by atoms with E-state index in [0.29, 0.717) is 22.4 Å². The SMILES string of the molecule is CC[C@H](C)Oc1ccc(/C=C2\SC(=Nc3ccccc3)N(Cc3ccco3)C2=O)cc1Br. The molecule has 32 heavy (non-hydrogen) atoms. The highest BCUT2D eigenvalue weighted by molar-refractivity contribution is 9.10. The number of ether oxygens (including phenoxy) is 1. The van der Waals surface area contributed by atoms with E-state index >= 15 is 0 Å². The summed E-state index contributed by atoms with van der Waals surface area (Å²) in [6, 6.07) is 19.1. The van der Waals surface area contributed by atoms with Gasteiger partial charge in [-0.1, -0.05) is 31.2 Å². The van der Waals surface area contributed by atoms with Gasteiger partial charge >= 0.3 is 0 Å². The predicted molar refractivity (Wildman–Crippen MR) is 133 cm³/mol. The molecule has 7 heteroatoms. The molecular weight excluding hydrogens is 488 g/mol. The van der Waals surface area contributed by atoms with Crippen LogP contribution in [-0.4, -0.2) is 22.1 Å². The van der Waals surface area contributed by atoms with Gasteiger partial charge in [0, 0.05) is 0 Å². The topological polar surface area (TPSA) is 55.0 Å². The molecule has 0 unspecified atom stereocenters. The van der Waals surface area contributed by atoms with E-state index in [0.717, 1.165) is 27.9 Å². The average Bonchev–Trinajstić information content (AvgIpc) is 3.41. The Balaban J connectivity index is 1.63. The van der Waals surface area contributed by atoms with Crippen molar-refractivity contribution in [1.82, 2.24) is 4.90 Å². The largest absolute Gasteiger partial charge is 0.490 e. The van der Waals surface area contributed by atoms with Gasteiger partial charge < -0.3 is 9.15 Å². The molecule has 1 aromatic heterocycles. The first-order valence-corrected chi connectivity index (χ1v) is 12.0. The Bertz CT molecular complexity index is 1140. The number of hydrogen-bond donors (Lipinski definition) is 0. The van der Waals surface area contributed by atoms with Crippen molar-refractivity contribution in [3.63, 3.8) is 0 Å². The molecule has 1 amide bonds. The molecule has 1 atom stereocenters. The van der Waals surface area contributed by atoms with Crippen molar-refractivity contribution in [2.45, 2.75) is 32.9 Å². The number of halogens is 1. The molecule has 0 aliphatic carbocycles. The van der Waals surface area contributed by atoms with E-state index in [-0.39, 0.29) is 12.0 Å². The quantitative estimate of drug-likeness (QED) is 0.320. The zero-order valence-corrected chi connectivity index (χ0v) is 20.2. The number of thioether (sulfide) groups is 1. The first kappa shape index (κ1) is 22.4. The minimum atomic E-state index is -0.0999. The van der Waals surface area contributed by atoms with Gasteiger partial charge in [0.25, 0.3) is 5.91 Å². The molecule has 0 radical (unpaired) electrons. The molecule has 1 saturated heterocycles. The van der Waals surface area contributed by atoms with Crippen LogP contribution in [0.2, 0.25) is 0 Å². The molecule has 0 bridgehead atoms. The van der Waals surface area contributed by atoms with E-state index in [1.54, 1.807) is 11.2 Å². The maximum atomic E-state index is 13.3. The van der Waals surface area contributed by atoms with Crippen molar-refractivity contribution in [1.29, 1.82) is 0 Å². The van der Waals surface area contributed by atoms with Crippen LogP contribution >= 0.6 is 27.7 Å². The second-order valence-electron chi connectivity index (χ2n) is 7.34. The molecule has 1 aliphatic heterocycles. The van der Waals surface area contributed by atoms with Crippen LogP contribution in [0.5, 0.6) is 5.75 Å². The van der Waals surface area contributed by atoms with Gasteiger partial charge in [0.1, 0.15) is 11.5 Å². The first-order chi connectivity index (χ1) is 15.5. The van der Waals surface area contributed by atoms with Crippen LogP contribution in [0.15, 0.2) is 85.7 Å². The minimum Gasteiger partial charge on any atom is -0.490 e. The Kier molecular flexibility index (Phi) is 7.17. The summed E-state index contributed by atoms with van der Waals surface area (Å²) in [7, 11) is 0. The van der Waals surface area contributed by atoms with Gasteiger partial charge in [0.05, 0.1) is 34.0 Å². The highest BCUT2D eigenvalue weighted by Crippen LogP contribution is 2.36. The number of nitrogens with zero attached hydrogens (tertiary/aromatic N) is 2. The van der Waals surface area contributed by atoms with Gasteiger partial charge in [-0.2, -0.15) is 0 Å². The molecule has 1 fully saturated rings. The molecule has 164 valence electrons. The molecule has 1 aliphatic rings. The lowest BCUT2D eigenvalue weighted by Gasteiger charge is -2.14. The van der Waals surface area contributed by atoms with Crippen LogP contribution < -0.4 is 4.74 Å². The molecule has 4 rings (SSSR count). The molecular formula is C25H23BrN2O3S. The van der Waals surface area contributed by atoms with E-state index in [1.807, 2.05) is 73.7 Å². The average molecular weight is 511 g/mol. The second-order valence-corrected chi connectivity index (χ2v) is 9.20. The lowest BCUT2D eigenvalue weighted by atomic mass is 10.2. The minimum absolute atomic E-state index is 0.0999. The number of amidine groups is 1. The number of aliphatic imine (C=N–C) groups is 1. The summed E-state index contributed by atoms with van der Waals surface area (Å²) in [4.78, 5) is 20.2. The third-order valence-electron chi connectivity index (χ3n) is 4.92. The highest BCUT2D eigenvalue weighted by atomic mass is 79.9. The lowest BCUT2D eigenvalue weighted by molar-refractivity contribution is -0.122. The van der Waals surface area contributed by atoms with E-state index < -0.39 is 0 Å². The fourth-order valence-corrected chi connectivity index (χ4v) is 4.54. The van der Waals surface area contributed by atoms with Crippen molar-refractivity contribution >= 4 is 50.5 Å². The Hall–Kier alpha value is -2.77. The van der Waals surface area contributed by atoms with Gasteiger partial charge in [-0.3, -0.25) is 9.69 Å². The van der Waals surface area contributed by atoms with E-state index in [9.17, 15) is 4.79 Å². The standard InChI is InChI=1S/C25H23BrN2O3S/c1-3-17(2)31-22-12-11-18(14-21(22)26)15-23-24(29)28(16-20-10-7-13-30-20)25(32-23)27-19-8-5-4-6-9-19/h4-15,17H,3,16H2,1-2H3/b23-15-,27-25?/t17-/m0/s1. The van der Waals surface area contributed by atoms with Gasteiger partial charge in [-0.25, -0.2) is 4.99 Å². The van der Waals surface area contributed by atoms with Crippen LogP contribution in [0.4, 0.5) is 5.69 Å². The molecule has 2 aromatic carbocycles. The Morgan fingerprint density at radius 1 is 1.19 bits per heavy atom. The van der Waals surface area contributed by atoms with Crippen molar-refractivity contribution in [2.75, 3.05) is 0 Å². The Labute approximate surface area is 200 Å². The number of benzene rings is 2. The molecule has 5 nitrogen and oxygen atoms in total. The van der Waals surface area contributed by atoms with Crippen molar-refractivity contribution < 1.29 is 13.9 Å². The zero-order chi connectivity index (χ0) is 22.5. The maximum absolute atomic E-state index is 13.3. The number of para-hydroxylation sites is 1. The summed E-state index contributed by atoms with van der Waals surface area (Å²) in [5.41, 5.74) is 1.70. The maximum Gasteiger partial charge on any atom is 0.267 e. The van der Waals surface area contributed by atoms with Crippen LogP contribution in [0.1, 0.15) is 31.6 Å². The molecule has 0 spiro atoms. The van der Waals surface area contributed by atoms with Crippen molar-refractivity contribution in [3.05, 3.63) is 87.6 Å². The number of amides is 1. The number of carbonyl (C=O) groups is 1. The van der Waals surface area contributed by atoms with Gasteiger partial charge in [0.15, 0.2) is 5.17 Å². The lowest BCUT2D eigenvalue weighted by Crippen LogP contribution is -2.28. The fraction of sp³-hybridized carbons (Fsp3) is 0.200. The van der Waals surface area contributed by atoms with Crippen molar-refractivity contribution in [2.24, 2.45) is 4.99 Å². The van der Waals surface area contributed by atoms with E-state index in [4.69, 9.17) is 14.1 Å². The monoisotopic (exact) mass is 510 g/mol. The summed E-state index contributed by atoms with van der Waals surface area (Å²) in [5, 5.41) is 0.625. The van der Waals surface area contributed by atoms with Gasteiger partial charge in [-0.05, 0) is 89.1 Å². The zero-order valence-electron chi connectivity index (χ0n) is 17.8. The normalized spacial score (nSPS) is 17.3. The Morgan fingerprint density at radius 3 is 2.69 bits per heavy atom. The summed E-state index contributed by atoms with van der Waals surface area (Å²) < 4.78 is 12.2. The van der Waals surface area contributed by atoms with Crippen LogP contribution in [0.3, 0.4) is 0 Å². The fourth-order valence-electron chi connectivity index (χ4n) is 3.06. The van der Waals surface area contributed by atoms with Crippen LogP contribution in [0.25, 0.3) is 6.08 Å². The highest BCUT2D eigenvalue weighted by Gasteiger charge is 2.34. The van der Waals surface area contributed by atoms with E-state index in [1.165, 1.54) is 11.8 Å². The molecule has 3 aromatic rings. The number of carbonyl (C=O) groups excluding carboxylic acids is 1. The summed E-state index contributed by atoms with van der Waals surface area (Å²) in [6.07, 6.45) is 4.55. The number of rotatable bonds is 7. The summed E-state index contributed by atoms with van der Waals surface area (Å²) in [6.45, 7) is 4.45. The smallest absolute Gasteiger partial charge is 0.267 e. The van der Waals surface area contributed by atoms with Gasteiger partial charge in [0.2, 0.25) is 0 Å². The third kappa shape index (κ3) is 5.34. The third-order valence-corrected chi connectivity index (χ3v) is 6.55. The Morgan fingerprint density at radius 2 is 2.00 bits per heavy atom. The molecule has 2 heterocycles. The number of furan rings is 1. The predicted octanol–water partition coefficient (Wildman–Crippen LogP) is 7.02. The summed E-state index contributed by atoms with van der Waals surface area (Å²) in [5.74, 6) is 1.39. The number of hydrogen-bond acceptors (Lipinski definition) is 5. The van der Waals surface area contributed by atoms with Crippen LogP contribution in [-0.2, 0) is 11.3 Å².